The fourth-order valence-corrected chi connectivity index (χ4v) is 4.51. The first-order valence-electron chi connectivity index (χ1n) is 10.5. The number of fused-ring (bicyclic) bond motifs is 1. The van der Waals surface area contributed by atoms with E-state index in [1.54, 1.807) is 0 Å². The van der Waals surface area contributed by atoms with Crippen molar-refractivity contribution >= 4 is 29.1 Å². The Kier molecular flexibility index (Phi) is 5.50. The number of nitrogens with zero attached hydrogens (tertiary/aromatic N) is 2. The summed E-state index contributed by atoms with van der Waals surface area (Å²) in [4.78, 5) is 15.4. The number of aromatic nitrogens is 2. The molecule has 1 unspecified atom stereocenters. The summed E-state index contributed by atoms with van der Waals surface area (Å²) in [5.41, 5.74) is 6.46. The molecule has 0 radical (unpaired) electrons. The minimum Gasteiger partial charge on any atom is -0.322 e. The zero-order valence-electron chi connectivity index (χ0n) is 17.5. The Morgan fingerprint density at radius 3 is 2.09 bits per heavy atom. The van der Waals surface area contributed by atoms with Crippen molar-refractivity contribution < 1.29 is 4.79 Å². The van der Waals surface area contributed by atoms with Gasteiger partial charge in [-0.05, 0) is 47.4 Å². The summed E-state index contributed by atoms with van der Waals surface area (Å²) in [7, 11) is 0. The third kappa shape index (κ3) is 3.70. The van der Waals surface area contributed by atoms with E-state index in [2.05, 4.69) is 41.4 Å². The zero-order chi connectivity index (χ0) is 22.2. The van der Waals surface area contributed by atoms with Gasteiger partial charge in [-0.1, -0.05) is 78.7 Å². The van der Waals surface area contributed by atoms with Gasteiger partial charge < -0.3 is 4.90 Å². The fourth-order valence-electron chi connectivity index (χ4n) is 4.26. The average molecular weight is 462 g/mol. The van der Waals surface area contributed by atoms with Crippen LogP contribution in [0.2, 0.25) is 10.0 Å². The molecular weight excluding hydrogens is 441 g/mol. The summed E-state index contributed by atoms with van der Waals surface area (Å²) >= 11 is 12.2. The van der Waals surface area contributed by atoms with Crippen molar-refractivity contribution in [2.24, 2.45) is 0 Å². The van der Waals surface area contributed by atoms with Crippen molar-refractivity contribution in [1.82, 2.24) is 15.1 Å². The second-order valence-electron chi connectivity index (χ2n) is 7.92. The van der Waals surface area contributed by atoms with E-state index < -0.39 is 0 Å². The predicted molar refractivity (Wildman–Crippen MR) is 128 cm³/mol. The van der Waals surface area contributed by atoms with Crippen molar-refractivity contribution in [1.29, 1.82) is 0 Å². The number of halogens is 2. The summed E-state index contributed by atoms with van der Waals surface area (Å²) < 4.78 is 0. The fraction of sp³-hybridized carbons (Fsp3) is 0.154. The van der Waals surface area contributed by atoms with Gasteiger partial charge >= 0.3 is 0 Å². The van der Waals surface area contributed by atoms with Gasteiger partial charge in [0.1, 0.15) is 5.69 Å². The van der Waals surface area contributed by atoms with Gasteiger partial charge in [-0.3, -0.25) is 9.89 Å². The van der Waals surface area contributed by atoms with Crippen LogP contribution in [0.15, 0.2) is 72.8 Å². The molecule has 4 nitrogen and oxygen atoms in total. The molecule has 1 aliphatic rings. The molecule has 1 atom stereocenters. The molecule has 160 valence electrons. The first-order valence-corrected chi connectivity index (χ1v) is 11.3. The maximum atomic E-state index is 13.5. The van der Waals surface area contributed by atoms with Crippen molar-refractivity contribution in [2.45, 2.75) is 25.9 Å². The van der Waals surface area contributed by atoms with Gasteiger partial charge in [0.25, 0.3) is 5.91 Å². The average Bonchev–Trinajstić information content (AvgIpc) is 3.35. The number of benzene rings is 3. The highest BCUT2D eigenvalue weighted by atomic mass is 35.5. The minimum atomic E-state index is -0.247. The lowest BCUT2D eigenvalue weighted by atomic mass is 9.95. The Balaban J connectivity index is 1.62. The maximum Gasteiger partial charge on any atom is 0.273 e. The number of carbonyl (C=O) groups is 1. The van der Waals surface area contributed by atoms with Gasteiger partial charge in [0.2, 0.25) is 0 Å². The standard InChI is InChI=1S/C26H21Cl2N3O/c1-2-16-3-7-19(8-4-16)25-22-23(18-9-13-21(28)14-10-18)29-30-24(22)26(32)31(25)15-17-5-11-20(27)12-6-17/h3-14,25H,2,15H2,1H3,(H,29,30). The quantitative estimate of drug-likeness (QED) is 0.359. The van der Waals surface area contributed by atoms with Gasteiger partial charge in [0.05, 0.1) is 11.7 Å². The number of amides is 1. The number of hydrogen-bond acceptors (Lipinski definition) is 2. The van der Waals surface area contributed by atoms with Crippen LogP contribution in [0.5, 0.6) is 0 Å². The van der Waals surface area contributed by atoms with Crippen LogP contribution in [-0.4, -0.2) is 21.0 Å². The lowest BCUT2D eigenvalue weighted by Gasteiger charge is -2.26. The monoisotopic (exact) mass is 461 g/mol. The zero-order valence-corrected chi connectivity index (χ0v) is 19.0. The van der Waals surface area contributed by atoms with Crippen LogP contribution in [0.1, 0.15) is 45.7 Å². The molecule has 4 aromatic rings. The number of aromatic amines is 1. The Morgan fingerprint density at radius 1 is 0.875 bits per heavy atom. The molecule has 0 aliphatic carbocycles. The molecular formula is C26H21Cl2N3O. The SMILES string of the molecule is CCc1ccc(C2c3c(-c4ccc(Cl)cc4)n[nH]c3C(=O)N2Cc2ccc(Cl)cc2)cc1. The largest absolute Gasteiger partial charge is 0.322 e. The van der Waals surface area contributed by atoms with E-state index in [4.69, 9.17) is 23.2 Å². The molecule has 0 saturated carbocycles. The van der Waals surface area contributed by atoms with Crippen LogP contribution in [-0.2, 0) is 13.0 Å². The van der Waals surface area contributed by atoms with Crippen LogP contribution in [0.4, 0.5) is 0 Å². The number of aryl methyl sites for hydroxylation is 1. The summed E-state index contributed by atoms with van der Waals surface area (Å²) in [6.45, 7) is 2.60. The van der Waals surface area contributed by atoms with Crippen LogP contribution in [0, 0.1) is 0 Å². The van der Waals surface area contributed by atoms with Crippen LogP contribution < -0.4 is 0 Å². The van der Waals surface area contributed by atoms with Crippen LogP contribution >= 0.6 is 23.2 Å². The Morgan fingerprint density at radius 2 is 1.47 bits per heavy atom. The lowest BCUT2D eigenvalue weighted by Crippen LogP contribution is -2.29. The molecule has 3 aromatic carbocycles. The molecule has 6 heteroatoms. The van der Waals surface area contributed by atoms with Gasteiger partial charge in [-0.15, -0.1) is 0 Å². The van der Waals surface area contributed by atoms with Crippen molar-refractivity contribution in [2.75, 3.05) is 0 Å². The lowest BCUT2D eigenvalue weighted by molar-refractivity contribution is 0.0730. The minimum absolute atomic E-state index is 0.0627. The number of rotatable bonds is 5. The van der Waals surface area contributed by atoms with Crippen molar-refractivity contribution in [3.63, 3.8) is 0 Å². The van der Waals surface area contributed by atoms with E-state index in [1.165, 1.54) is 5.56 Å². The van der Waals surface area contributed by atoms with E-state index in [0.717, 1.165) is 34.4 Å². The number of nitrogens with one attached hydrogen (secondary N) is 1. The Bertz CT molecular complexity index is 1260. The van der Waals surface area contributed by atoms with E-state index >= 15 is 0 Å². The van der Waals surface area contributed by atoms with Crippen LogP contribution in [0.3, 0.4) is 0 Å². The highest BCUT2D eigenvalue weighted by Crippen LogP contribution is 2.43. The summed E-state index contributed by atoms with van der Waals surface area (Å²) in [5.74, 6) is -0.0627. The smallest absolute Gasteiger partial charge is 0.273 e. The molecule has 1 amide bonds. The van der Waals surface area contributed by atoms with Crippen LogP contribution in [0.25, 0.3) is 11.3 Å². The van der Waals surface area contributed by atoms with E-state index in [1.807, 2.05) is 53.4 Å². The molecule has 5 rings (SSSR count). The highest BCUT2D eigenvalue weighted by Gasteiger charge is 2.42. The number of hydrogen-bond donors (Lipinski definition) is 1. The molecule has 0 spiro atoms. The topological polar surface area (TPSA) is 49.0 Å². The second kappa shape index (κ2) is 8.45. The number of carbonyl (C=O) groups excluding carboxylic acids is 1. The second-order valence-corrected chi connectivity index (χ2v) is 8.80. The summed E-state index contributed by atoms with van der Waals surface area (Å²) in [6, 6.07) is 23.4. The van der Waals surface area contributed by atoms with E-state index in [9.17, 15) is 4.79 Å². The third-order valence-corrected chi connectivity index (χ3v) is 6.46. The first-order chi connectivity index (χ1) is 15.5. The molecule has 32 heavy (non-hydrogen) atoms. The van der Waals surface area contributed by atoms with Gasteiger partial charge in [-0.2, -0.15) is 5.10 Å². The van der Waals surface area contributed by atoms with Gasteiger partial charge in [-0.25, -0.2) is 0 Å². The molecule has 1 aliphatic heterocycles. The van der Waals surface area contributed by atoms with Gasteiger partial charge in [0, 0.05) is 27.7 Å². The molecule has 2 heterocycles. The normalized spacial score (nSPS) is 15.3. The molecule has 1 aromatic heterocycles. The molecule has 0 saturated heterocycles. The van der Waals surface area contributed by atoms with Crippen molar-refractivity contribution in [3.05, 3.63) is 111 Å². The molecule has 0 fully saturated rings. The first kappa shape index (κ1) is 20.8. The van der Waals surface area contributed by atoms with E-state index in [-0.39, 0.29) is 11.9 Å². The Hall–Kier alpha value is -3.08. The van der Waals surface area contributed by atoms with E-state index in [0.29, 0.717) is 22.3 Å². The summed E-state index contributed by atoms with van der Waals surface area (Å²) in [6.07, 6.45) is 0.964. The predicted octanol–water partition coefficient (Wildman–Crippen LogP) is 6.69. The molecule has 0 bridgehead atoms. The number of H-pyrrole nitrogens is 1. The van der Waals surface area contributed by atoms with Crippen molar-refractivity contribution in [3.8, 4) is 11.3 Å². The third-order valence-electron chi connectivity index (χ3n) is 5.95. The summed E-state index contributed by atoms with van der Waals surface area (Å²) in [5, 5.41) is 8.85. The maximum absolute atomic E-state index is 13.5. The van der Waals surface area contributed by atoms with Gasteiger partial charge in [0.15, 0.2) is 0 Å². The molecule has 1 N–H and O–H groups in total. The highest BCUT2D eigenvalue weighted by molar-refractivity contribution is 6.30. The Labute approximate surface area is 196 Å².